The third-order valence-corrected chi connectivity index (χ3v) is 3.09. The second kappa shape index (κ2) is 5.13. The predicted molar refractivity (Wildman–Crippen MR) is 65.6 cm³/mol. The molecule has 1 rings (SSSR count). The lowest BCUT2D eigenvalue weighted by molar-refractivity contribution is 0.0713. The highest BCUT2D eigenvalue weighted by Gasteiger charge is 2.23. The van der Waals surface area contributed by atoms with E-state index in [1.807, 2.05) is 39.0 Å². The van der Waals surface area contributed by atoms with Crippen LogP contribution < -0.4 is 0 Å². The summed E-state index contributed by atoms with van der Waals surface area (Å²) in [7, 11) is 0. The molecule has 0 bridgehead atoms. The maximum Gasteiger partial charge on any atom is 0.0852 e. The van der Waals surface area contributed by atoms with Crippen molar-refractivity contribution >= 4 is 6.08 Å². The molecule has 0 unspecified atom stereocenters. The molecule has 0 aliphatic carbocycles. The van der Waals surface area contributed by atoms with Crippen LogP contribution in [0.15, 0.2) is 35.9 Å². The molecule has 0 atom stereocenters. The average Bonchev–Trinajstić information content (AvgIpc) is 2.29. The fourth-order valence-electron chi connectivity index (χ4n) is 1.74. The topological polar surface area (TPSA) is 20.2 Å². The summed E-state index contributed by atoms with van der Waals surface area (Å²) in [6.45, 7) is 6.04. The van der Waals surface area contributed by atoms with Crippen LogP contribution in [-0.4, -0.2) is 10.7 Å². The first-order valence-electron chi connectivity index (χ1n) is 5.58. The Morgan fingerprint density at radius 3 is 2.20 bits per heavy atom. The van der Waals surface area contributed by atoms with Crippen LogP contribution in [-0.2, 0) is 0 Å². The fraction of sp³-hybridized carbons (Fsp3) is 0.429. The summed E-state index contributed by atoms with van der Waals surface area (Å²) in [6, 6.07) is 10.1. The minimum absolute atomic E-state index is 0.643. The van der Waals surface area contributed by atoms with Crippen LogP contribution in [0.5, 0.6) is 0 Å². The smallest absolute Gasteiger partial charge is 0.0852 e. The second-order valence-electron chi connectivity index (χ2n) is 3.98. The van der Waals surface area contributed by atoms with Gasteiger partial charge in [0.25, 0.3) is 0 Å². The minimum Gasteiger partial charge on any atom is -0.386 e. The molecule has 0 heterocycles. The summed E-state index contributed by atoms with van der Waals surface area (Å²) in [4.78, 5) is 0. The van der Waals surface area contributed by atoms with E-state index in [1.165, 1.54) is 0 Å². The van der Waals surface area contributed by atoms with E-state index in [1.54, 1.807) is 0 Å². The summed E-state index contributed by atoms with van der Waals surface area (Å²) < 4.78 is 0. The highest BCUT2D eigenvalue weighted by molar-refractivity contribution is 5.54. The SMILES string of the molecule is CCC(O)(CC)C(C)=Cc1ccccc1. The molecule has 0 aliphatic heterocycles. The molecule has 0 aliphatic rings. The summed E-state index contributed by atoms with van der Waals surface area (Å²) in [5.74, 6) is 0. The fourth-order valence-corrected chi connectivity index (χ4v) is 1.74. The molecule has 0 amide bonds. The molecule has 0 radical (unpaired) electrons. The van der Waals surface area contributed by atoms with Crippen LogP contribution >= 0.6 is 0 Å². The third kappa shape index (κ3) is 2.93. The Morgan fingerprint density at radius 1 is 1.20 bits per heavy atom. The van der Waals surface area contributed by atoms with E-state index in [2.05, 4.69) is 18.2 Å². The van der Waals surface area contributed by atoms with Crippen molar-refractivity contribution in [3.63, 3.8) is 0 Å². The summed E-state index contributed by atoms with van der Waals surface area (Å²) in [5.41, 5.74) is 1.55. The average molecular weight is 204 g/mol. The lowest BCUT2D eigenvalue weighted by Crippen LogP contribution is -2.27. The summed E-state index contributed by atoms with van der Waals surface area (Å²) in [6.07, 6.45) is 3.59. The largest absolute Gasteiger partial charge is 0.386 e. The minimum atomic E-state index is -0.643. The van der Waals surface area contributed by atoms with E-state index in [0.717, 1.165) is 24.0 Å². The second-order valence-corrected chi connectivity index (χ2v) is 3.98. The van der Waals surface area contributed by atoms with Gasteiger partial charge in [-0.05, 0) is 30.9 Å². The monoisotopic (exact) mass is 204 g/mol. The van der Waals surface area contributed by atoms with E-state index in [9.17, 15) is 5.11 Å². The van der Waals surface area contributed by atoms with Gasteiger partial charge < -0.3 is 5.11 Å². The number of hydrogen-bond acceptors (Lipinski definition) is 1. The van der Waals surface area contributed by atoms with Gasteiger partial charge in [0.2, 0.25) is 0 Å². The van der Waals surface area contributed by atoms with Gasteiger partial charge in [0.1, 0.15) is 0 Å². The molecule has 0 fully saturated rings. The van der Waals surface area contributed by atoms with E-state index in [0.29, 0.717) is 0 Å². The van der Waals surface area contributed by atoms with E-state index < -0.39 is 5.60 Å². The van der Waals surface area contributed by atoms with Crippen LogP contribution in [0, 0.1) is 0 Å². The zero-order valence-electron chi connectivity index (χ0n) is 9.83. The van der Waals surface area contributed by atoms with Gasteiger partial charge >= 0.3 is 0 Å². The maximum atomic E-state index is 10.3. The Labute approximate surface area is 92.5 Å². The van der Waals surface area contributed by atoms with Crippen molar-refractivity contribution in [2.75, 3.05) is 0 Å². The molecule has 0 aromatic heterocycles. The first kappa shape index (κ1) is 12.0. The molecule has 1 nitrogen and oxygen atoms in total. The number of benzene rings is 1. The molecular weight excluding hydrogens is 184 g/mol. The normalized spacial score (nSPS) is 12.9. The van der Waals surface area contributed by atoms with Crippen LogP contribution in [0.3, 0.4) is 0 Å². The Balaban J connectivity index is 2.93. The third-order valence-electron chi connectivity index (χ3n) is 3.09. The Bertz CT molecular complexity index is 320. The molecule has 1 aromatic carbocycles. The van der Waals surface area contributed by atoms with Crippen LogP contribution in [0.25, 0.3) is 6.08 Å². The zero-order valence-corrected chi connectivity index (χ0v) is 9.83. The predicted octanol–water partition coefficient (Wildman–Crippen LogP) is 3.64. The molecular formula is C14H20O. The van der Waals surface area contributed by atoms with Gasteiger partial charge in [0.15, 0.2) is 0 Å². The van der Waals surface area contributed by atoms with Gasteiger partial charge in [-0.3, -0.25) is 0 Å². The number of aliphatic hydroxyl groups is 1. The van der Waals surface area contributed by atoms with Crippen molar-refractivity contribution in [1.29, 1.82) is 0 Å². The van der Waals surface area contributed by atoms with E-state index >= 15 is 0 Å². The van der Waals surface area contributed by atoms with Crippen LogP contribution in [0.4, 0.5) is 0 Å². The van der Waals surface area contributed by atoms with Gasteiger partial charge in [-0.15, -0.1) is 0 Å². The standard InChI is InChI=1S/C14H20O/c1-4-14(15,5-2)12(3)11-13-9-7-6-8-10-13/h6-11,15H,4-5H2,1-3H3. The van der Waals surface area contributed by atoms with Crippen molar-refractivity contribution in [3.05, 3.63) is 41.5 Å². The Morgan fingerprint density at radius 2 is 1.73 bits per heavy atom. The first-order chi connectivity index (χ1) is 7.12. The van der Waals surface area contributed by atoms with Gasteiger partial charge in [0.05, 0.1) is 5.60 Å². The maximum absolute atomic E-state index is 10.3. The Hall–Kier alpha value is -1.08. The zero-order chi connectivity index (χ0) is 11.3. The highest BCUT2D eigenvalue weighted by Crippen LogP contribution is 2.25. The van der Waals surface area contributed by atoms with Crippen molar-refractivity contribution in [1.82, 2.24) is 0 Å². The van der Waals surface area contributed by atoms with Gasteiger partial charge in [-0.2, -0.15) is 0 Å². The van der Waals surface area contributed by atoms with Gasteiger partial charge in [-0.25, -0.2) is 0 Å². The lowest BCUT2D eigenvalue weighted by Gasteiger charge is -2.26. The molecule has 0 saturated carbocycles. The van der Waals surface area contributed by atoms with Crippen molar-refractivity contribution in [2.24, 2.45) is 0 Å². The summed E-state index contributed by atoms with van der Waals surface area (Å²) >= 11 is 0. The van der Waals surface area contributed by atoms with Crippen molar-refractivity contribution in [3.8, 4) is 0 Å². The Kier molecular flexibility index (Phi) is 4.10. The van der Waals surface area contributed by atoms with Crippen molar-refractivity contribution in [2.45, 2.75) is 39.2 Å². The molecule has 0 saturated heterocycles. The molecule has 1 heteroatoms. The van der Waals surface area contributed by atoms with Crippen LogP contribution in [0.2, 0.25) is 0 Å². The number of hydrogen-bond donors (Lipinski definition) is 1. The van der Waals surface area contributed by atoms with E-state index in [4.69, 9.17) is 0 Å². The number of rotatable bonds is 4. The van der Waals surface area contributed by atoms with Crippen molar-refractivity contribution < 1.29 is 5.11 Å². The quantitative estimate of drug-likeness (QED) is 0.794. The molecule has 1 aromatic rings. The van der Waals surface area contributed by atoms with Crippen LogP contribution in [0.1, 0.15) is 39.2 Å². The molecule has 82 valence electrons. The van der Waals surface area contributed by atoms with Gasteiger partial charge in [-0.1, -0.05) is 50.3 Å². The van der Waals surface area contributed by atoms with E-state index in [-0.39, 0.29) is 0 Å². The summed E-state index contributed by atoms with van der Waals surface area (Å²) in [5, 5.41) is 10.3. The molecule has 0 spiro atoms. The highest BCUT2D eigenvalue weighted by atomic mass is 16.3. The first-order valence-corrected chi connectivity index (χ1v) is 5.58. The molecule has 15 heavy (non-hydrogen) atoms. The lowest BCUT2D eigenvalue weighted by atomic mass is 9.88. The van der Waals surface area contributed by atoms with Gasteiger partial charge in [0, 0.05) is 0 Å². The molecule has 1 N–H and O–H groups in total.